The van der Waals surface area contributed by atoms with Crippen molar-refractivity contribution in [3.63, 3.8) is 0 Å². The van der Waals surface area contributed by atoms with Crippen LogP contribution in [-0.4, -0.2) is 32.3 Å². The molecular weight excluding hydrogens is 566 g/mol. The average Bonchev–Trinajstić information content (AvgIpc) is 3.01. The lowest BCUT2D eigenvalue weighted by atomic mass is 10.1. The van der Waals surface area contributed by atoms with Gasteiger partial charge in [-0.25, -0.2) is 8.42 Å². The molecule has 0 spiro atoms. The summed E-state index contributed by atoms with van der Waals surface area (Å²) in [7, 11) is -4.00. The van der Waals surface area contributed by atoms with Gasteiger partial charge in [-0.15, -0.1) is 0 Å². The second-order valence-corrected chi connectivity index (χ2v) is 13.1. The first-order valence-corrected chi connectivity index (χ1v) is 16.1. The summed E-state index contributed by atoms with van der Waals surface area (Å²) in [5.41, 5.74) is 4.53. The summed E-state index contributed by atoms with van der Waals surface area (Å²) in [6.45, 7) is 5.51. The van der Waals surface area contributed by atoms with Crippen LogP contribution in [0.15, 0.2) is 102 Å². The zero-order valence-corrected chi connectivity index (χ0v) is 25.4. The third-order valence-electron chi connectivity index (χ3n) is 7.60. The Balaban J connectivity index is 1.37. The van der Waals surface area contributed by atoms with Gasteiger partial charge in [0.2, 0.25) is 0 Å². The maximum absolute atomic E-state index is 14.0. The smallest absolute Gasteiger partial charge is 0.264 e. The lowest BCUT2D eigenvalue weighted by molar-refractivity contribution is 0.0951. The van der Waals surface area contributed by atoms with Crippen molar-refractivity contribution in [2.75, 3.05) is 17.4 Å². The SMILES string of the molecule is Cc1ccc(S(=O)(=O)N(Cc2ccc(Cl)cc2)c2ccccc2C(=O)NCc2ccc(CN3CCCCC3)cc2)cc1. The summed E-state index contributed by atoms with van der Waals surface area (Å²) in [4.78, 5) is 16.2. The Labute approximate surface area is 254 Å². The molecule has 5 rings (SSSR count). The quantitative estimate of drug-likeness (QED) is 0.213. The lowest BCUT2D eigenvalue weighted by Crippen LogP contribution is -2.33. The molecule has 1 fully saturated rings. The van der Waals surface area contributed by atoms with Crippen LogP contribution in [0.3, 0.4) is 0 Å². The molecule has 8 heteroatoms. The minimum Gasteiger partial charge on any atom is -0.348 e. The van der Waals surface area contributed by atoms with Crippen LogP contribution in [0.5, 0.6) is 0 Å². The number of nitrogens with zero attached hydrogens (tertiary/aromatic N) is 2. The van der Waals surface area contributed by atoms with Crippen LogP contribution in [-0.2, 0) is 29.7 Å². The first-order valence-electron chi connectivity index (χ1n) is 14.3. The number of halogens is 1. The highest BCUT2D eigenvalue weighted by Crippen LogP contribution is 2.30. The third kappa shape index (κ3) is 7.40. The summed E-state index contributed by atoms with van der Waals surface area (Å²) in [5, 5.41) is 3.55. The van der Waals surface area contributed by atoms with Gasteiger partial charge in [0.05, 0.1) is 22.7 Å². The van der Waals surface area contributed by atoms with Crippen LogP contribution >= 0.6 is 11.6 Å². The van der Waals surface area contributed by atoms with Crippen molar-refractivity contribution in [3.8, 4) is 0 Å². The van der Waals surface area contributed by atoms with Gasteiger partial charge in [-0.2, -0.15) is 0 Å². The molecule has 0 aliphatic carbocycles. The number of anilines is 1. The van der Waals surface area contributed by atoms with Gasteiger partial charge in [0, 0.05) is 18.1 Å². The molecule has 0 bridgehead atoms. The predicted octanol–water partition coefficient (Wildman–Crippen LogP) is 6.96. The number of para-hydroxylation sites is 1. The van der Waals surface area contributed by atoms with E-state index in [4.69, 9.17) is 11.6 Å². The largest absolute Gasteiger partial charge is 0.348 e. The molecule has 0 unspecified atom stereocenters. The van der Waals surface area contributed by atoms with E-state index in [1.807, 2.05) is 19.1 Å². The number of likely N-dealkylation sites (tertiary alicyclic amines) is 1. The number of hydrogen-bond acceptors (Lipinski definition) is 4. The van der Waals surface area contributed by atoms with Gasteiger partial charge in [-0.1, -0.05) is 84.2 Å². The van der Waals surface area contributed by atoms with E-state index in [0.29, 0.717) is 17.3 Å². The zero-order chi connectivity index (χ0) is 29.5. The van der Waals surface area contributed by atoms with Crippen LogP contribution < -0.4 is 9.62 Å². The zero-order valence-electron chi connectivity index (χ0n) is 23.8. The van der Waals surface area contributed by atoms with E-state index in [0.717, 1.165) is 36.3 Å². The third-order valence-corrected chi connectivity index (χ3v) is 9.62. The number of nitrogens with one attached hydrogen (secondary N) is 1. The molecule has 42 heavy (non-hydrogen) atoms. The molecule has 0 saturated carbocycles. The Morgan fingerprint density at radius 3 is 2.12 bits per heavy atom. The van der Waals surface area contributed by atoms with E-state index >= 15 is 0 Å². The number of piperidine rings is 1. The molecule has 218 valence electrons. The molecule has 1 aliphatic rings. The molecule has 1 N–H and O–H groups in total. The van der Waals surface area contributed by atoms with Crippen molar-refractivity contribution < 1.29 is 13.2 Å². The second kappa shape index (κ2) is 13.6. The van der Waals surface area contributed by atoms with Crippen molar-refractivity contribution >= 4 is 33.2 Å². The Kier molecular flexibility index (Phi) is 9.62. The summed E-state index contributed by atoms with van der Waals surface area (Å²) in [6.07, 6.45) is 3.83. The fourth-order valence-corrected chi connectivity index (χ4v) is 6.79. The van der Waals surface area contributed by atoms with Gasteiger partial charge in [-0.05, 0) is 85.9 Å². The Morgan fingerprint density at radius 1 is 0.810 bits per heavy atom. The highest BCUT2D eigenvalue weighted by atomic mass is 35.5. The van der Waals surface area contributed by atoms with Gasteiger partial charge in [-0.3, -0.25) is 14.0 Å². The molecule has 1 aliphatic heterocycles. The highest BCUT2D eigenvalue weighted by molar-refractivity contribution is 7.92. The van der Waals surface area contributed by atoms with Crippen molar-refractivity contribution in [1.29, 1.82) is 0 Å². The fraction of sp³-hybridized carbons (Fsp3) is 0.265. The van der Waals surface area contributed by atoms with Crippen molar-refractivity contribution in [3.05, 3.63) is 130 Å². The molecule has 1 saturated heterocycles. The standard InChI is InChI=1S/C34H36ClN3O3S/c1-26-9-19-31(20-10-26)42(40,41)38(25-29-15-17-30(35)18-16-29)33-8-4-3-7-32(33)34(39)36-23-27-11-13-28(14-12-27)24-37-21-5-2-6-22-37/h3-4,7-20H,2,5-6,21-25H2,1H3,(H,36,39). The second-order valence-electron chi connectivity index (χ2n) is 10.8. The number of rotatable bonds is 10. The number of carbonyl (C=O) groups excluding carboxylic acids is 1. The number of benzene rings is 4. The maximum Gasteiger partial charge on any atom is 0.264 e. The van der Waals surface area contributed by atoms with E-state index in [1.54, 1.807) is 72.8 Å². The van der Waals surface area contributed by atoms with E-state index in [-0.39, 0.29) is 22.9 Å². The molecule has 6 nitrogen and oxygen atoms in total. The van der Waals surface area contributed by atoms with Gasteiger partial charge in [0.1, 0.15) is 0 Å². The number of hydrogen-bond donors (Lipinski definition) is 1. The van der Waals surface area contributed by atoms with Crippen LogP contribution in [0.2, 0.25) is 5.02 Å². The molecule has 0 atom stereocenters. The van der Waals surface area contributed by atoms with Crippen molar-refractivity contribution in [2.24, 2.45) is 0 Å². The van der Waals surface area contributed by atoms with Crippen LogP contribution in [0.1, 0.15) is 51.9 Å². The normalized spacial score (nSPS) is 14.0. The first kappa shape index (κ1) is 29.8. The average molecular weight is 602 g/mol. The van der Waals surface area contributed by atoms with E-state index in [2.05, 4.69) is 22.3 Å². The number of aryl methyl sites for hydroxylation is 1. The Morgan fingerprint density at radius 2 is 1.43 bits per heavy atom. The number of carbonyl (C=O) groups is 1. The molecule has 0 aromatic heterocycles. The van der Waals surface area contributed by atoms with Crippen molar-refractivity contribution in [2.45, 2.75) is 50.7 Å². The van der Waals surface area contributed by atoms with E-state index in [1.165, 1.54) is 29.1 Å². The fourth-order valence-electron chi connectivity index (χ4n) is 5.19. The minimum absolute atomic E-state index is 0.0378. The summed E-state index contributed by atoms with van der Waals surface area (Å²) < 4.78 is 29.3. The summed E-state index contributed by atoms with van der Waals surface area (Å²) in [5.74, 6) is -0.344. The van der Waals surface area contributed by atoms with Gasteiger partial charge in [0.15, 0.2) is 0 Å². The predicted molar refractivity (Wildman–Crippen MR) is 169 cm³/mol. The summed E-state index contributed by atoms with van der Waals surface area (Å²) >= 11 is 6.08. The Hall–Kier alpha value is -3.65. The molecule has 1 amide bonds. The summed E-state index contributed by atoms with van der Waals surface area (Å²) in [6, 6.07) is 28.9. The van der Waals surface area contributed by atoms with Gasteiger partial charge in [0.25, 0.3) is 15.9 Å². The first-order chi connectivity index (χ1) is 20.3. The molecular formula is C34H36ClN3O3S. The maximum atomic E-state index is 14.0. The molecule has 0 radical (unpaired) electrons. The van der Waals surface area contributed by atoms with Crippen LogP contribution in [0.4, 0.5) is 5.69 Å². The van der Waals surface area contributed by atoms with Gasteiger partial charge >= 0.3 is 0 Å². The molecule has 4 aromatic rings. The van der Waals surface area contributed by atoms with E-state index in [9.17, 15) is 13.2 Å². The minimum atomic E-state index is -4.00. The molecule has 1 heterocycles. The van der Waals surface area contributed by atoms with Crippen LogP contribution in [0.25, 0.3) is 0 Å². The van der Waals surface area contributed by atoms with Gasteiger partial charge < -0.3 is 5.32 Å². The monoisotopic (exact) mass is 601 g/mol. The topological polar surface area (TPSA) is 69.7 Å². The lowest BCUT2D eigenvalue weighted by Gasteiger charge is -2.27. The number of sulfonamides is 1. The molecule has 4 aromatic carbocycles. The highest BCUT2D eigenvalue weighted by Gasteiger charge is 2.28. The van der Waals surface area contributed by atoms with E-state index < -0.39 is 10.0 Å². The van der Waals surface area contributed by atoms with Crippen LogP contribution in [0, 0.1) is 6.92 Å². The Bertz CT molecular complexity index is 1600. The van der Waals surface area contributed by atoms with Crippen molar-refractivity contribution in [1.82, 2.24) is 10.2 Å². The number of amides is 1.